The van der Waals surface area contributed by atoms with Crippen molar-refractivity contribution in [3.05, 3.63) is 23.4 Å². The summed E-state index contributed by atoms with van der Waals surface area (Å²) in [5.41, 5.74) is 0. The Morgan fingerprint density at radius 1 is 1.50 bits per heavy atom. The number of anilines is 1. The van der Waals surface area contributed by atoms with Crippen molar-refractivity contribution in [3.63, 3.8) is 0 Å². The minimum Gasteiger partial charge on any atom is -0.310 e. The number of hydrogen-bond donors (Lipinski definition) is 1. The van der Waals surface area contributed by atoms with E-state index in [2.05, 4.69) is 10.3 Å². The zero-order valence-corrected chi connectivity index (χ0v) is 10.4. The second kappa shape index (κ2) is 5.55. The summed E-state index contributed by atoms with van der Waals surface area (Å²) >= 11 is 7.47. The lowest BCUT2D eigenvalue weighted by Gasteiger charge is -2.20. The summed E-state index contributed by atoms with van der Waals surface area (Å²) in [6, 6.07) is 5.21. The second-order valence-electron chi connectivity index (χ2n) is 3.69. The average Bonchev–Trinajstić information content (AvgIpc) is 2.30. The molecule has 2 rings (SSSR count). The van der Waals surface area contributed by atoms with Crippen LogP contribution in [0.1, 0.15) is 19.3 Å². The van der Waals surface area contributed by atoms with Crippen molar-refractivity contribution >= 4 is 35.1 Å². The predicted octanol–water partition coefficient (Wildman–Crippen LogP) is 2.96. The third-order valence-corrected chi connectivity index (χ3v) is 4.03. The summed E-state index contributed by atoms with van der Waals surface area (Å²) in [5, 5.41) is 3.26. The molecule has 0 radical (unpaired) electrons. The molecule has 5 heteroatoms. The van der Waals surface area contributed by atoms with Crippen LogP contribution in [0, 0.1) is 0 Å². The Hall–Kier alpha value is -0.740. The molecular weight excluding hydrogens is 244 g/mol. The van der Waals surface area contributed by atoms with Crippen molar-refractivity contribution in [2.75, 3.05) is 11.1 Å². The molecule has 1 aromatic heterocycles. The molecule has 1 unspecified atom stereocenters. The Balaban J connectivity index is 1.96. The molecule has 0 spiro atoms. The fraction of sp³-hybridized carbons (Fsp3) is 0.455. The van der Waals surface area contributed by atoms with E-state index in [1.54, 1.807) is 30.0 Å². The molecule has 86 valence electrons. The van der Waals surface area contributed by atoms with Crippen molar-refractivity contribution in [2.45, 2.75) is 24.5 Å². The molecule has 1 aromatic rings. The van der Waals surface area contributed by atoms with Gasteiger partial charge >= 0.3 is 0 Å². The summed E-state index contributed by atoms with van der Waals surface area (Å²) in [4.78, 5) is 15.9. The minimum absolute atomic E-state index is 0.0412. The molecule has 1 amide bonds. The van der Waals surface area contributed by atoms with Crippen molar-refractivity contribution in [1.82, 2.24) is 4.98 Å². The zero-order valence-electron chi connectivity index (χ0n) is 8.78. The highest BCUT2D eigenvalue weighted by Crippen LogP contribution is 2.26. The first kappa shape index (κ1) is 11.7. The highest BCUT2D eigenvalue weighted by molar-refractivity contribution is 8.00. The summed E-state index contributed by atoms with van der Waals surface area (Å²) in [6.45, 7) is 0. The third-order valence-electron chi connectivity index (χ3n) is 2.44. The van der Waals surface area contributed by atoms with E-state index in [9.17, 15) is 4.79 Å². The first-order valence-corrected chi connectivity index (χ1v) is 6.73. The Labute approximate surface area is 104 Å². The molecule has 3 nitrogen and oxygen atoms in total. The smallest absolute Gasteiger partial charge is 0.238 e. The fourth-order valence-electron chi connectivity index (χ4n) is 1.63. The number of rotatable bonds is 2. The Morgan fingerprint density at radius 3 is 3.06 bits per heavy atom. The van der Waals surface area contributed by atoms with Gasteiger partial charge in [0.05, 0.1) is 5.25 Å². The van der Waals surface area contributed by atoms with Gasteiger partial charge in [0.1, 0.15) is 11.0 Å². The van der Waals surface area contributed by atoms with Crippen LogP contribution in [-0.2, 0) is 4.79 Å². The van der Waals surface area contributed by atoms with E-state index in [0.717, 1.165) is 18.6 Å². The molecule has 0 bridgehead atoms. The summed E-state index contributed by atoms with van der Waals surface area (Å²) in [6.07, 6.45) is 3.30. The van der Waals surface area contributed by atoms with Crippen LogP contribution < -0.4 is 5.32 Å². The van der Waals surface area contributed by atoms with Gasteiger partial charge in [0.15, 0.2) is 0 Å². The number of nitrogens with one attached hydrogen (secondary N) is 1. The molecule has 1 N–H and O–H groups in total. The maximum atomic E-state index is 11.9. The normalized spacial score (nSPS) is 20.4. The zero-order chi connectivity index (χ0) is 11.4. The van der Waals surface area contributed by atoms with E-state index < -0.39 is 0 Å². The van der Waals surface area contributed by atoms with E-state index in [1.807, 2.05) is 0 Å². The van der Waals surface area contributed by atoms with Gasteiger partial charge in [0.2, 0.25) is 5.91 Å². The molecule has 2 heterocycles. The number of pyridine rings is 1. The van der Waals surface area contributed by atoms with Crippen LogP contribution in [0.4, 0.5) is 5.82 Å². The van der Waals surface area contributed by atoms with Crippen LogP contribution in [0.15, 0.2) is 18.2 Å². The van der Waals surface area contributed by atoms with Gasteiger partial charge in [-0.25, -0.2) is 4.98 Å². The number of hydrogen-bond acceptors (Lipinski definition) is 3. The second-order valence-corrected chi connectivity index (χ2v) is 5.39. The standard InChI is InChI=1S/C11H13ClN2OS/c12-9-5-3-6-10(13-9)14-11(15)8-4-1-2-7-16-8/h3,5-6,8H,1-2,4,7H2,(H,13,14,15). The fourth-order valence-corrected chi connectivity index (χ4v) is 2.99. The quantitative estimate of drug-likeness (QED) is 0.828. The van der Waals surface area contributed by atoms with Gasteiger partial charge < -0.3 is 5.32 Å². The van der Waals surface area contributed by atoms with Gasteiger partial charge in [0, 0.05) is 0 Å². The predicted molar refractivity (Wildman–Crippen MR) is 68.0 cm³/mol. The van der Waals surface area contributed by atoms with Gasteiger partial charge in [-0.05, 0) is 30.7 Å². The molecule has 16 heavy (non-hydrogen) atoms. The number of halogens is 1. The molecule has 1 atom stereocenters. The van der Waals surface area contributed by atoms with E-state index >= 15 is 0 Å². The number of amides is 1. The largest absolute Gasteiger partial charge is 0.310 e. The van der Waals surface area contributed by atoms with Crippen molar-refractivity contribution in [1.29, 1.82) is 0 Å². The Kier molecular flexibility index (Phi) is 4.07. The maximum Gasteiger partial charge on any atom is 0.238 e. The van der Waals surface area contributed by atoms with Gasteiger partial charge in [-0.15, -0.1) is 11.8 Å². The van der Waals surface area contributed by atoms with Crippen LogP contribution >= 0.6 is 23.4 Å². The number of aromatic nitrogens is 1. The van der Waals surface area contributed by atoms with Crippen molar-refractivity contribution in [3.8, 4) is 0 Å². The van der Waals surface area contributed by atoms with E-state index in [0.29, 0.717) is 11.0 Å². The average molecular weight is 257 g/mol. The number of carbonyl (C=O) groups excluding carboxylic acids is 1. The van der Waals surface area contributed by atoms with Gasteiger partial charge in [-0.3, -0.25) is 4.79 Å². The molecule has 1 aliphatic rings. The monoisotopic (exact) mass is 256 g/mol. The lowest BCUT2D eigenvalue weighted by molar-refractivity contribution is -0.115. The molecule has 1 fully saturated rings. The molecule has 0 aromatic carbocycles. The van der Waals surface area contributed by atoms with Crippen LogP contribution in [0.25, 0.3) is 0 Å². The molecule has 0 saturated carbocycles. The SMILES string of the molecule is O=C(Nc1cccc(Cl)n1)C1CCCCS1. The van der Waals surface area contributed by atoms with Crippen LogP contribution in [0.3, 0.4) is 0 Å². The van der Waals surface area contributed by atoms with Gasteiger partial charge in [0.25, 0.3) is 0 Å². The summed E-state index contributed by atoms with van der Waals surface area (Å²) < 4.78 is 0. The van der Waals surface area contributed by atoms with Crippen LogP contribution in [0.2, 0.25) is 5.15 Å². The third kappa shape index (κ3) is 3.12. The van der Waals surface area contributed by atoms with E-state index in [-0.39, 0.29) is 11.2 Å². The maximum absolute atomic E-state index is 11.9. The van der Waals surface area contributed by atoms with Crippen molar-refractivity contribution in [2.24, 2.45) is 0 Å². The number of carbonyl (C=O) groups is 1. The lowest BCUT2D eigenvalue weighted by Crippen LogP contribution is -2.27. The highest BCUT2D eigenvalue weighted by atomic mass is 35.5. The first-order chi connectivity index (χ1) is 7.75. The number of nitrogens with zero attached hydrogens (tertiary/aromatic N) is 1. The molecule has 1 aliphatic heterocycles. The van der Waals surface area contributed by atoms with Crippen molar-refractivity contribution < 1.29 is 4.79 Å². The first-order valence-electron chi connectivity index (χ1n) is 5.31. The van der Waals surface area contributed by atoms with E-state index in [4.69, 9.17) is 11.6 Å². The van der Waals surface area contributed by atoms with E-state index in [1.165, 1.54) is 6.42 Å². The highest BCUT2D eigenvalue weighted by Gasteiger charge is 2.21. The van der Waals surface area contributed by atoms with Gasteiger partial charge in [-0.1, -0.05) is 24.1 Å². The number of thioether (sulfide) groups is 1. The topological polar surface area (TPSA) is 42.0 Å². The summed E-state index contributed by atoms with van der Waals surface area (Å²) in [7, 11) is 0. The Bertz CT molecular complexity index is 380. The van der Waals surface area contributed by atoms with Gasteiger partial charge in [-0.2, -0.15) is 0 Å². The molecule has 1 saturated heterocycles. The van der Waals surface area contributed by atoms with Crippen LogP contribution in [0.5, 0.6) is 0 Å². The molecule has 0 aliphatic carbocycles. The minimum atomic E-state index is 0.0412. The molecular formula is C11H13ClN2OS. The lowest BCUT2D eigenvalue weighted by atomic mass is 10.2. The summed E-state index contributed by atoms with van der Waals surface area (Å²) in [5.74, 6) is 1.64. The van der Waals surface area contributed by atoms with Crippen LogP contribution in [-0.4, -0.2) is 21.9 Å². The Morgan fingerprint density at radius 2 is 2.38 bits per heavy atom.